The Morgan fingerprint density at radius 3 is 1.57 bits per heavy atom. The maximum Gasteiger partial charge on any atom is 0.416 e. The van der Waals surface area contributed by atoms with Gasteiger partial charge in [0.05, 0.1) is 16.5 Å². The first-order chi connectivity index (χ1) is 17.0. The Bertz CT molecular complexity index is 963. The van der Waals surface area contributed by atoms with E-state index in [4.69, 9.17) is 0 Å². The molecule has 0 aliphatic carbocycles. The molecule has 0 aromatic heterocycles. The number of carbonyl (C=O) groups is 1. The number of carbonyl (C=O) groups excluding carboxylic acids is 1. The third-order valence-corrected chi connectivity index (χ3v) is 5.81. The van der Waals surface area contributed by atoms with E-state index in [-0.39, 0.29) is 17.7 Å². The zero-order valence-electron chi connectivity index (χ0n) is 21.3. The third-order valence-electron chi connectivity index (χ3n) is 5.81. The first-order valence-electron chi connectivity index (χ1n) is 11.7. The molecule has 1 saturated heterocycles. The number of rotatable bonds is 3. The Kier molecular flexibility index (Phi) is 11.5. The SMILES string of the molecule is CC.CN(C(=O)C(C)(C)c1cc(C(F)(F)F)cc(C(F)(F)F)c1)C1CCNCC1.Fc1cccc(F)c1. The van der Waals surface area contributed by atoms with Crippen molar-refractivity contribution in [2.45, 2.75) is 64.3 Å². The van der Waals surface area contributed by atoms with E-state index in [1.54, 1.807) is 7.05 Å². The van der Waals surface area contributed by atoms with E-state index in [1.165, 1.54) is 36.9 Å². The summed E-state index contributed by atoms with van der Waals surface area (Å²) in [6.07, 6.45) is -8.55. The van der Waals surface area contributed by atoms with Crippen molar-refractivity contribution < 1.29 is 39.9 Å². The quantitative estimate of drug-likeness (QED) is 0.418. The highest BCUT2D eigenvalue weighted by Gasteiger charge is 2.41. The smallest absolute Gasteiger partial charge is 0.342 e. The van der Waals surface area contributed by atoms with Gasteiger partial charge in [0.1, 0.15) is 11.6 Å². The lowest BCUT2D eigenvalue weighted by Crippen LogP contribution is -2.49. The summed E-state index contributed by atoms with van der Waals surface area (Å²) in [4.78, 5) is 14.4. The monoisotopic (exact) mass is 540 g/mol. The van der Waals surface area contributed by atoms with Gasteiger partial charge in [0.2, 0.25) is 5.91 Å². The van der Waals surface area contributed by atoms with Gasteiger partial charge in [-0.3, -0.25) is 4.79 Å². The molecule has 1 fully saturated rings. The molecule has 0 radical (unpaired) electrons. The molecule has 3 rings (SSSR count). The van der Waals surface area contributed by atoms with Crippen LogP contribution in [0.1, 0.15) is 57.2 Å². The Morgan fingerprint density at radius 1 is 0.811 bits per heavy atom. The molecule has 3 nitrogen and oxygen atoms in total. The average Bonchev–Trinajstić information content (AvgIpc) is 2.83. The Labute approximate surface area is 211 Å². The molecule has 2 aromatic rings. The second kappa shape index (κ2) is 13.2. The van der Waals surface area contributed by atoms with E-state index in [0.29, 0.717) is 38.1 Å². The molecule has 0 atom stereocenters. The molecule has 1 N–H and O–H groups in total. The highest BCUT2D eigenvalue weighted by atomic mass is 19.4. The van der Waals surface area contributed by atoms with Gasteiger partial charge in [-0.15, -0.1) is 0 Å². The van der Waals surface area contributed by atoms with Crippen LogP contribution in [0.5, 0.6) is 0 Å². The van der Waals surface area contributed by atoms with E-state index in [9.17, 15) is 39.9 Å². The van der Waals surface area contributed by atoms with Gasteiger partial charge in [-0.25, -0.2) is 8.78 Å². The molecule has 1 aliphatic rings. The highest BCUT2D eigenvalue weighted by Crippen LogP contribution is 2.39. The largest absolute Gasteiger partial charge is 0.416 e. The molecular formula is C26H32F8N2O. The molecule has 11 heteroatoms. The van der Waals surface area contributed by atoms with Crippen LogP contribution in [-0.2, 0) is 22.6 Å². The van der Waals surface area contributed by atoms with Crippen molar-refractivity contribution in [1.82, 2.24) is 10.2 Å². The zero-order valence-corrected chi connectivity index (χ0v) is 21.3. The van der Waals surface area contributed by atoms with E-state index in [2.05, 4.69) is 5.32 Å². The number of hydrogen-bond donors (Lipinski definition) is 1. The van der Waals surface area contributed by atoms with Crippen molar-refractivity contribution in [1.29, 1.82) is 0 Å². The maximum absolute atomic E-state index is 13.1. The Hall–Kier alpha value is -2.69. The maximum atomic E-state index is 13.1. The number of hydrogen-bond acceptors (Lipinski definition) is 2. The van der Waals surface area contributed by atoms with E-state index in [0.717, 1.165) is 6.07 Å². The molecule has 1 aliphatic heterocycles. The van der Waals surface area contributed by atoms with Crippen molar-refractivity contribution in [3.05, 3.63) is 70.8 Å². The van der Waals surface area contributed by atoms with Crippen molar-refractivity contribution >= 4 is 5.91 Å². The molecule has 0 bridgehead atoms. The number of alkyl halides is 6. The minimum absolute atomic E-state index is 0.0700. The molecule has 0 unspecified atom stereocenters. The molecule has 0 saturated carbocycles. The lowest BCUT2D eigenvalue weighted by molar-refractivity contribution is -0.144. The van der Waals surface area contributed by atoms with Crippen LogP contribution in [0, 0.1) is 11.6 Å². The van der Waals surface area contributed by atoms with Gasteiger partial charge in [0, 0.05) is 19.2 Å². The normalized spacial score (nSPS) is 14.6. The molecule has 0 spiro atoms. The average molecular weight is 541 g/mol. The second-order valence-electron chi connectivity index (χ2n) is 8.76. The predicted octanol–water partition coefficient (Wildman–Crippen LogP) is 7.20. The minimum atomic E-state index is -4.95. The molecule has 1 amide bonds. The number of amides is 1. The van der Waals surface area contributed by atoms with Crippen molar-refractivity contribution in [2.75, 3.05) is 20.1 Å². The Balaban J connectivity index is 0.000000574. The fourth-order valence-corrected chi connectivity index (χ4v) is 3.70. The summed E-state index contributed by atoms with van der Waals surface area (Å²) in [5.41, 5.74) is -4.69. The van der Waals surface area contributed by atoms with Gasteiger partial charge < -0.3 is 10.2 Å². The van der Waals surface area contributed by atoms with Gasteiger partial charge in [0.15, 0.2) is 0 Å². The zero-order chi connectivity index (χ0) is 28.6. The molecule has 1 heterocycles. The molecular weight excluding hydrogens is 508 g/mol. The van der Waals surface area contributed by atoms with Crippen LogP contribution in [0.3, 0.4) is 0 Å². The minimum Gasteiger partial charge on any atom is -0.342 e. The topological polar surface area (TPSA) is 32.3 Å². The fourth-order valence-electron chi connectivity index (χ4n) is 3.70. The summed E-state index contributed by atoms with van der Waals surface area (Å²) >= 11 is 0. The molecule has 2 aromatic carbocycles. The van der Waals surface area contributed by atoms with E-state index in [1.807, 2.05) is 13.8 Å². The molecule has 208 valence electrons. The summed E-state index contributed by atoms with van der Waals surface area (Å²) < 4.78 is 102. The highest BCUT2D eigenvalue weighted by molar-refractivity contribution is 5.87. The predicted molar refractivity (Wildman–Crippen MR) is 126 cm³/mol. The number of nitrogens with zero attached hydrogens (tertiary/aromatic N) is 1. The van der Waals surface area contributed by atoms with Crippen LogP contribution in [-0.4, -0.2) is 37.0 Å². The first kappa shape index (κ1) is 32.3. The summed E-state index contributed by atoms with van der Waals surface area (Å²) in [5.74, 6) is -1.59. The van der Waals surface area contributed by atoms with Crippen LogP contribution in [0.15, 0.2) is 42.5 Å². The van der Waals surface area contributed by atoms with Crippen molar-refractivity contribution in [2.24, 2.45) is 0 Å². The number of piperidine rings is 1. The van der Waals surface area contributed by atoms with E-state index < -0.39 is 46.4 Å². The van der Waals surface area contributed by atoms with Crippen molar-refractivity contribution in [3.63, 3.8) is 0 Å². The van der Waals surface area contributed by atoms with Gasteiger partial charge in [-0.1, -0.05) is 19.9 Å². The second-order valence-corrected chi connectivity index (χ2v) is 8.76. The fraction of sp³-hybridized carbons (Fsp3) is 0.500. The van der Waals surface area contributed by atoms with Gasteiger partial charge in [0.25, 0.3) is 0 Å². The number of halogens is 8. The van der Waals surface area contributed by atoms with E-state index >= 15 is 0 Å². The van der Waals surface area contributed by atoms with Crippen molar-refractivity contribution in [3.8, 4) is 0 Å². The number of nitrogens with one attached hydrogen (secondary N) is 1. The number of benzene rings is 2. The lowest BCUT2D eigenvalue weighted by atomic mass is 9.81. The summed E-state index contributed by atoms with van der Waals surface area (Å²) in [6, 6.07) is 5.77. The standard InChI is InChI=1S/C18H22F6N2O.C6H4F2.C2H6/c1-16(2,15(27)26(3)14-4-6-25-7-5-14)11-8-12(17(19,20)21)10-13(9-11)18(22,23)24;7-5-2-1-3-6(8)4-5;1-2/h8-10,14,25H,4-7H2,1-3H3;1-4H;1-2H3. The first-order valence-corrected chi connectivity index (χ1v) is 11.7. The van der Waals surface area contributed by atoms with Crippen LogP contribution in [0.25, 0.3) is 0 Å². The van der Waals surface area contributed by atoms with Gasteiger partial charge >= 0.3 is 12.4 Å². The summed E-state index contributed by atoms with van der Waals surface area (Å²) in [6.45, 7) is 8.10. The lowest BCUT2D eigenvalue weighted by Gasteiger charge is -2.37. The number of likely N-dealkylation sites (N-methyl/N-ethyl adjacent to an activating group) is 1. The summed E-state index contributed by atoms with van der Waals surface area (Å²) in [7, 11) is 1.54. The van der Waals surface area contributed by atoms with Crippen LogP contribution in [0.4, 0.5) is 35.1 Å². The van der Waals surface area contributed by atoms with Crippen LogP contribution >= 0.6 is 0 Å². The third kappa shape index (κ3) is 9.28. The van der Waals surface area contributed by atoms with Crippen LogP contribution < -0.4 is 5.32 Å². The molecule has 37 heavy (non-hydrogen) atoms. The van der Waals surface area contributed by atoms with Crippen LogP contribution in [0.2, 0.25) is 0 Å². The van der Waals surface area contributed by atoms with Gasteiger partial charge in [-0.2, -0.15) is 26.3 Å². The van der Waals surface area contributed by atoms with Gasteiger partial charge in [-0.05, 0) is 75.7 Å². The Morgan fingerprint density at radius 2 is 1.22 bits per heavy atom. The summed E-state index contributed by atoms with van der Waals surface area (Å²) in [5, 5.41) is 3.14.